The van der Waals surface area contributed by atoms with Crippen LogP contribution in [0.4, 0.5) is 0 Å². The first-order chi connectivity index (χ1) is 14.5. The van der Waals surface area contributed by atoms with Crippen molar-refractivity contribution in [2.45, 2.75) is 32.4 Å². The third kappa shape index (κ3) is 4.64. The summed E-state index contributed by atoms with van der Waals surface area (Å²) in [6.45, 7) is 9.53. The molecular formula is C24H30ClN3O2. The maximum atomic E-state index is 13.1. The first kappa shape index (κ1) is 21.2. The number of benzene rings is 2. The molecule has 2 aliphatic heterocycles. The van der Waals surface area contributed by atoms with E-state index in [0.717, 1.165) is 58.7 Å². The summed E-state index contributed by atoms with van der Waals surface area (Å²) in [6.07, 6.45) is 1.96. The molecule has 2 saturated heterocycles. The molecule has 2 aromatic rings. The van der Waals surface area contributed by atoms with Gasteiger partial charge in [-0.2, -0.15) is 0 Å². The van der Waals surface area contributed by atoms with Gasteiger partial charge in [-0.15, -0.1) is 0 Å². The van der Waals surface area contributed by atoms with Gasteiger partial charge in [0.1, 0.15) is 5.75 Å². The van der Waals surface area contributed by atoms with E-state index >= 15 is 0 Å². The van der Waals surface area contributed by atoms with Crippen LogP contribution in [0, 0.1) is 0 Å². The van der Waals surface area contributed by atoms with Crippen LogP contribution in [0.2, 0.25) is 5.02 Å². The van der Waals surface area contributed by atoms with E-state index in [1.54, 1.807) is 12.1 Å². The van der Waals surface area contributed by atoms with Crippen molar-refractivity contribution in [1.29, 1.82) is 0 Å². The van der Waals surface area contributed by atoms with Crippen molar-refractivity contribution >= 4 is 17.5 Å². The number of hydrogen-bond acceptors (Lipinski definition) is 4. The standard InChI is InChI=1S/C24H30ClN3O2/c1-2-26-11-13-27(14-12-26)17-18-5-3-6-19(15-18)22-7-4-10-28(22)24(30)20-8-9-23(29)21(25)16-20/h3,5-6,8-9,15-16,22,29H,2,4,7,10-14,17H2,1H3. The molecule has 0 aliphatic carbocycles. The summed E-state index contributed by atoms with van der Waals surface area (Å²) < 4.78 is 0. The van der Waals surface area contributed by atoms with Crippen LogP contribution in [-0.4, -0.2) is 65.0 Å². The smallest absolute Gasteiger partial charge is 0.254 e. The van der Waals surface area contributed by atoms with Gasteiger partial charge < -0.3 is 14.9 Å². The summed E-state index contributed by atoms with van der Waals surface area (Å²) in [7, 11) is 0. The molecular weight excluding hydrogens is 398 g/mol. The monoisotopic (exact) mass is 427 g/mol. The Morgan fingerprint density at radius 1 is 1.07 bits per heavy atom. The number of carbonyl (C=O) groups excluding carboxylic acids is 1. The third-order valence-electron chi connectivity index (χ3n) is 6.36. The van der Waals surface area contributed by atoms with Crippen LogP contribution in [0.15, 0.2) is 42.5 Å². The highest BCUT2D eigenvalue weighted by molar-refractivity contribution is 6.32. The van der Waals surface area contributed by atoms with E-state index in [-0.39, 0.29) is 22.7 Å². The zero-order chi connectivity index (χ0) is 21.1. The highest BCUT2D eigenvalue weighted by Gasteiger charge is 2.31. The summed E-state index contributed by atoms with van der Waals surface area (Å²) in [5, 5.41) is 9.86. The lowest BCUT2D eigenvalue weighted by Crippen LogP contribution is -2.45. The molecule has 6 heteroatoms. The summed E-state index contributed by atoms with van der Waals surface area (Å²) in [5.41, 5.74) is 3.04. The number of carbonyl (C=O) groups is 1. The topological polar surface area (TPSA) is 47.0 Å². The number of hydrogen-bond donors (Lipinski definition) is 1. The van der Waals surface area contributed by atoms with Crippen LogP contribution in [0.5, 0.6) is 5.75 Å². The van der Waals surface area contributed by atoms with E-state index in [1.165, 1.54) is 17.2 Å². The van der Waals surface area contributed by atoms with E-state index < -0.39 is 0 Å². The Morgan fingerprint density at radius 2 is 1.83 bits per heavy atom. The molecule has 4 rings (SSSR count). The normalized spacial score (nSPS) is 20.6. The summed E-state index contributed by atoms with van der Waals surface area (Å²) >= 11 is 6.02. The summed E-state index contributed by atoms with van der Waals surface area (Å²) in [5.74, 6) is -0.0286. The summed E-state index contributed by atoms with van der Waals surface area (Å²) in [6, 6.07) is 13.5. The Kier molecular flexibility index (Phi) is 6.61. The number of amides is 1. The Bertz CT molecular complexity index is 896. The van der Waals surface area contributed by atoms with Gasteiger partial charge >= 0.3 is 0 Å². The maximum Gasteiger partial charge on any atom is 0.254 e. The van der Waals surface area contributed by atoms with Gasteiger partial charge in [-0.1, -0.05) is 42.8 Å². The van der Waals surface area contributed by atoms with Crippen molar-refractivity contribution in [2.24, 2.45) is 0 Å². The molecule has 2 fully saturated rings. The fraction of sp³-hybridized carbons (Fsp3) is 0.458. The number of nitrogens with zero attached hydrogens (tertiary/aromatic N) is 3. The number of halogens is 1. The SMILES string of the molecule is CCN1CCN(Cc2cccc(C3CCCN3C(=O)c3ccc(O)c(Cl)c3)c2)CC1. The van der Waals surface area contributed by atoms with Crippen LogP contribution in [0.1, 0.15) is 47.3 Å². The average Bonchev–Trinajstić information content (AvgIpc) is 3.26. The van der Waals surface area contributed by atoms with Crippen LogP contribution in [-0.2, 0) is 6.54 Å². The Morgan fingerprint density at radius 3 is 2.57 bits per heavy atom. The number of aromatic hydroxyl groups is 1. The quantitative estimate of drug-likeness (QED) is 0.778. The van der Waals surface area contributed by atoms with Crippen molar-refractivity contribution in [3.8, 4) is 5.75 Å². The lowest BCUT2D eigenvalue weighted by Gasteiger charge is -2.34. The second-order valence-corrected chi connectivity index (χ2v) is 8.69. The second kappa shape index (κ2) is 9.38. The first-order valence-electron chi connectivity index (χ1n) is 10.9. The van der Waals surface area contributed by atoms with Gasteiger partial charge in [0.2, 0.25) is 0 Å². The molecule has 30 heavy (non-hydrogen) atoms. The Hall–Kier alpha value is -2.08. The fourth-order valence-corrected chi connectivity index (χ4v) is 4.76. The number of likely N-dealkylation sites (N-methyl/N-ethyl adjacent to an activating group) is 1. The Labute approximate surface area is 183 Å². The largest absolute Gasteiger partial charge is 0.506 e. The number of phenolic OH excluding ortho intramolecular Hbond substituents is 1. The third-order valence-corrected chi connectivity index (χ3v) is 6.67. The fourth-order valence-electron chi connectivity index (χ4n) is 4.58. The van der Waals surface area contributed by atoms with Gasteiger partial charge in [0.05, 0.1) is 11.1 Å². The van der Waals surface area contributed by atoms with Crippen LogP contribution < -0.4 is 0 Å². The minimum Gasteiger partial charge on any atom is -0.506 e. The molecule has 160 valence electrons. The van der Waals surface area contributed by atoms with E-state index in [9.17, 15) is 9.90 Å². The number of phenols is 1. The highest BCUT2D eigenvalue weighted by Crippen LogP contribution is 2.34. The van der Waals surface area contributed by atoms with E-state index in [0.29, 0.717) is 5.56 Å². The van der Waals surface area contributed by atoms with Crippen LogP contribution in [0.25, 0.3) is 0 Å². The van der Waals surface area contributed by atoms with Gasteiger partial charge in [0, 0.05) is 44.8 Å². The van der Waals surface area contributed by atoms with E-state index in [4.69, 9.17) is 11.6 Å². The first-order valence-corrected chi connectivity index (χ1v) is 11.3. The molecule has 2 heterocycles. The molecule has 0 aromatic heterocycles. The minimum absolute atomic E-state index is 0.00124. The molecule has 2 aromatic carbocycles. The average molecular weight is 428 g/mol. The van der Waals surface area contributed by atoms with Crippen LogP contribution in [0.3, 0.4) is 0 Å². The predicted octanol–water partition coefficient (Wildman–Crippen LogP) is 4.16. The molecule has 0 bridgehead atoms. The molecule has 1 N–H and O–H groups in total. The molecule has 5 nitrogen and oxygen atoms in total. The van der Waals surface area contributed by atoms with Gasteiger partial charge in [0.15, 0.2) is 0 Å². The van der Waals surface area contributed by atoms with Gasteiger partial charge in [0.25, 0.3) is 5.91 Å². The van der Waals surface area contributed by atoms with E-state index in [1.807, 2.05) is 4.90 Å². The minimum atomic E-state index is -0.0273. The van der Waals surface area contributed by atoms with Crippen LogP contribution >= 0.6 is 11.6 Å². The predicted molar refractivity (Wildman–Crippen MR) is 120 cm³/mol. The lowest BCUT2D eigenvalue weighted by atomic mass is 10.0. The molecule has 2 aliphatic rings. The molecule has 0 saturated carbocycles. The maximum absolute atomic E-state index is 13.1. The van der Waals surface area contributed by atoms with Gasteiger partial charge in [-0.25, -0.2) is 0 Å². The molecule has 1 unspecified atom stereocenters. The van der Waals surface area contributed by atoms with Crippen molar-refractivity contribution < 1.29 is 9.90 Å². The molecule has 0 spiro atoms. The zero-order valence-electron chi connectivity index (χ0n) is 17.6. The van der Waals surface area contributed by atoms with Crippen molar-refractivity contribution in [3.05, 3.63) is 64.2 Å². The summed E-state index contributed by atoms with van der Waals surface area (Å²) in [4.78, 5) is 20.1. The highest BCUT2D eigenvalue weighted by atomic mass is 35.5. The lowest BCUT2D eigenvalue weighted by molar-refractivity contribution is 0.0735. The van der Waals surface area contributed by atoms with Crippen molar-refractivity contribution in [1.82, 2.24) is 14.7 Å². The molecule has 0 radical (unpaired) electrons. The van der Waals surface area contributed by atoms with Gasteiger partial charge in [-0.3, -0.25) is 9.69 Å². The van der Waals surface area contributed by atoms with Crippen molar-refractivity contribution in [2.75, 3.05) is 39.3 Å². The Balaban J connectivity index is 1.47. The number of likely N-dealkylation sites (tertiary alicyclic amines) is 1. The number of piperazine rings is 1. The zero-order valence-corrected chi connectivity index (χ0v) is 18.3. The van der Waals surface area contributed by atoms with Crippen molar-refractivity contribution in [3.63, 3.8) is 0 Å². The van der Waals surface area contributed by atoms with Gasteiger partial charge in [-0.05, 0) is 48.7 Å². The van der Waals surface area contributed by atoms with E-state index in [2.05, 4.69) is 41.0 Å². The number of rotatable bonds is 5. The second-order valence-electron chi connectivity index (χ2n) is 8.28. The molecule has 1 amide bonds. The molecule has 1 atom stereocenters.